The second kappa shape index (κ2) is 6.36. The number of ketones is 1. The van der Waals surface area contributed by atoms with E-state index in [2.05, 4.69) is 22.9 Å². The largest absolute Gasteiger partial charge is 0.289 e. The van der Waals surface area contributed by atoms with E-state index in [-0.39, 0.29) is 5.78 Å². The molecule has 0 aliphatic rings. The smallest absolute Gasteiger partial charge is 0.194 e. The summed E-state index contributed by atoms with van der Waals surface area (Å²) in [6, 6.07) is 13.0. The van der Waals surface area contributed by atoms with E-state index in [1.165, 1.54) is 5.56 Å². The monoisotopic (exact) mass is 336 g/mol. The molecule has 0 aromatic heterocycles. The van der Waals surface area contributed by atoms with Crippen molar-refractivity contribution in [2.45, 2.75) is 19.8 Å². The Labute approximate surface area is 126 Å². The van der Waals surface area contributed by atoms with Crippen LogP contribution >= 0.6 is 27.5 Å². The zero-order chi connectivity index (χ0) is 13.8. The minimum absolute atomic E-state index is 0.0469. The molecular weight excluding hydrogens is 324 g/mol. The van der Waals surface area contributed by atoms with Crippen molar-refractivity contribution in [3.8, 4) is 0 Å². The number of halogens is 2. The molecule has 0 radical (unpaired) electrons. The molecule has 1 nitrogen and oxygen atoms in total. The third kappa shape index (κ3) is 3.46. The summed E-state index contributed by atoms with van der Waals surface area (Å²) in [7, 11) is 0. The minimum Gasteiger partial charge on any atom is -0.289 e. The Morgan fingerprint density at radius 2 is 1.84 bits per heavy atom. The lowest BCUT2D eigenvalue weighted by atomic mass is 10.0. The summed E-state index contributed by atoms with van der Waals surface area (Å²) in [6.07, 6.45) is 2.14. The van der Waals surface area contributed by atoms with Crippen LogP contribution in [-0.2, 0) is 6.42 Å². The van der Waals surface area contributed by atoms with Gasteiger partial charge in [-0.3, -0.25) is 4.79 Å². The Kier molecular flexibility index (Phi) is 4.78. The van der Waals surface area contributed by atoms with Gasteiger partial charge in [-0.2, -0.15) is 0 Å². The quantitative estimate of drug-likeness (QED) is 0.693. The van der Waals surface area contributed by atoms with Crippen LogP contribution in [0, 0.1) is 0 Å². The molecule has 98 valence electrons. The highest BCUT2D eigenvalue weighted by molar-refractivity contribution is 9.10. The zero-order valence-electron chi connectivity index (χ0n) is 10.6. The van der Waals surface area contributed by atoms with Crippen LogP contribution in [-0.4, -0.2) is 5.78 Å². The van der Waals surface area contributed by atoms with Crippen molar-refractivity contribution in [1.82, 2.24) is 0 Å². The standard InChI is InChI=1S/C16H14BrClO/c1-2-3-11-4-6-12(7-5-11)16(19)14-10-13(17)8-9-15(14)18/h4-10H,2-3H2,1H3. The van der Waals surface area contributed by atoms with Crippen LogP contribution in [0.2, 0.25) is 5.02 Å². The third-order valence-electron chi connectivity index (χ3n) is 2.93. The Hall–Kier alpha value is -1.12. The molecule has 19 heavy (non-hydrogen) atoms. The lowest BCUT2D eigenvalue weighted by Gasteiger charge is -2.05. The van der Waals surface area contributed by atoms with Gasteiger partial charge in [-0.1, -0.05) is 65.1 Å². The minimum atomic E-state index is -0.0469. The highest BCUT2D eigenvalue weighted by atomic mass is 79.9. The third-order valence-corrected chi connectivity index (χ3v) is 3.75. The molecule has 0 fully saturated rings. The lowest BCUT2D eigenvalue weighted by Crippen LogP contribution is -2.02. The Balaban J connectivity index is 2.30. The fraction of sp³-hybridized carbons (Fsp3) is 0.188. The number of carbonyl (C=O) groups is 1. The van der Waals surface area contributed by atoms with Gasteiger partial charge in [0.05, 0.1) is 5.02 Å². The number of aryl methyl sites for hydroxylation is 1. The van der Waals surface area contributed by atoms with E-state index in [9.17, 15) is 4.79 Å². The highest BCUT2D eigenvalue weighted by Gasteiger charge is 2.13. The van der Waals surface area contributed by atoms with Gasteiger partial charge >= 0.3 is 0 Å². The van der Waals surface area contributed by atoms with E-state index in [4.69, 9.17) is 11.6 Å². The Bertz CT molecular complexity index is 590. The van der Waals surface area contributed by atoms with Crippen LogP contribution in [0.25, 0.3) is 0 Å². The number of hydrogen-bond acceptors (Lipinski definition) is 1. The molecule has 0 unspecified atom stereocenters. The maximum absolute atomic E-state index is 12.4. The molecule has 0 aliphatic heterocycles. The molecule has 0 spiro atoms. The number of rotatable bonds is 4. The van der Waals surface area contributed by atoms with Crippen molar-refractivity contribution in [3.05, 3.63) is 68.7 Å². The number of benzene rings is 2. The fourth-order valence-corrected chi connectivity index (χ4v) is 2.50. The van der Waals surface area contributed by atoms with E-state index in [1.807, 2.05) is 30.3 Å². The fourth-order valence-electron chi connectivity index (χ4n) is 1.94. The maximum atomic E-state index is 12.4. The second-order valence-electron chi connectivity index (χ2n) is 4.40. The predicted molar refractivity (Wildman–Crippen MR) is 83.0 cm³/mol. The summed E-state index contributed by atoms with van der Waals surface area (Å²) >= 11 is 9.44. The molecule has 2 aromatic carbocycles. The van der Waals surface area contributed by atoms with E-state index in [0.717, 1.165) is 17.3 Å². The van der Waals surface area contributed by atoms with Gasteiger partial charge < -0.3 is 0 Å². The first kappa shape index (κ1) is 14.3. The molecule has 0 aliphatic carbocycles. The van der Waals surface area contributed by atoms with Crippen molar-refractivity contribution >= 4 is 33.3 Å². The zero-order valence-corrected chi connectivity index (χ0v) is 13.0. The van der Waals surface area contributed by atoms with E-state index >= 15 is 0 Å². The van der Waals surface area contributed by atoms with Crippen LogP contribution in [0.3, 0.4) is 0 Å². The average molecular weight is 338 g/mol. The Morgan fingerprint density at radius 3 is 2.47 bits per heavy atom. The van der Waals surface area contributed by atoms with Gasteiger partial charge in [-0.05, 0) is 30.2 Å². The summed E-state index contributed by atoms with van der Waals surface area (Å²) in [5.41, 5.74) is 2.44. The highest BCUT2D eigenvalue weighted by Crippen LogP contribution is 2.23. The molecule has 0 N–H and O–H groups in total. The van der Waals surface area contributed by atoms with Gasteiger partial charge in [0.15, 0.2) is 5.78 Å². The molecule has 2 aromatic rings. The van der Waals surface area contributed by atoms with Crippen LogP contribution in [0.15, 0.2) is 46.9 Å². The van der Waals surface area contributed by atoms with Gasteiger partial charge in [0, 0.05) is 15.6 Å². The first-order valence-corrected chi connectivity index (χ1v) is 7.37. The molecule has 0 heterocycles. The normalized spacial score (nSPS) is 10.5. The van der Waals surface area contributed by atoms with Gasteiger partial charge in [0.2, 0.25) is 0 Å². The molecular formula is C16H14BrClO. The van der Waals surface area contributed by atoms with Crippen LogP contribution in [0.1, 0.15) is 34.8 Å². The van der Waals surface area contributed by atoms with Crippen LogP contribution in [0.5, 0.6) is 0 Å². The molecule has 0 saturated carbocycles. The summed E-state index contributed by atoms with van der Waals surface area (Å²) < 4.78 is 0.850. The summed E-state index contributed by atoms with van der Waals surface area (Å²) in [5, 5.41) is 0.478. The van der Waals surface area contributed by atoms with E-state index < -0.39 is 0 Å². The maximum Gasteiger partial charge on any atom is 0.194 e. The van der Waals surface area contributed by atoms with Crippen molar-refractivity contribution in [2.75, 3.05) is 0 Å². The molecule has 3 heteroatoms. The van der Waals surface area contributed by atoms with Crippen molar-refractivity contribution in [2.24, 2.45) is 0 Å². The van der Waals surface area contributed by atoms with Crippen molar-refractivity contribution in [3.63, 3.8) is 0 Å². The summed E-state index contributed by atoms with van der Waals surface area (Å²) in [5.74, 6) is -0.0469. The molecule has 0 bridgehead atoms. The van der Waals surface area contributed by atoms with Gasteiger partial charge in [0.1, 0.15) is 0 Å². The second-order valence-corrected chi connectivity index (χ2v) is 5.72. The SMILES string of the molecule is CCCc1ccc(C(=O)c2cc(Br)ccc2Cl)cc1. The predicted octanol–water partition coefficient (Wildman–Crippen LogP) is 5.29. The van der Waals surface area contributed by atoms with E-state index in [0.29, 0.717) is 16.1 Å². The van der Waals surface area contributed by atoms with Gasteiger partial charge in [0.25, 0.3) is 0 Å². The topological polar surface area (TPSA) is 17.1 Å². The van der Waals surface area contributed by atoms with Crippen LogP contribution in [0.4, 0.5) is 0 Å². The van der Waals surface area contributed by atoms with Crippen molar-refractivity contribution < 1.29 is 4.79 Å². The summed E-state index contributed by atoms with van der Waals surface area (Å²) in [6.45, 7) is 2.14. The Morgan fingerprint density at radius 1 is 1.16 bits per heavy atom. The molecule has 0 saturated heterocycles. The van der Waals surface area contributed by atoms with E-state index in [1.54, 1.807) is 12.1 Å². The molecule has 0 atom stereocenters. The van der Waals surface area contributed by atoms with Gasteiger partial charge in [-0.25, -0.2) is 0 Å². The van der Waals surface area contributed by atoms with Crippen LogP contribution < -0.4 is 0 Å². The lowest BCUT2D eigenvalue weighted by molar-refractivity contribution is 0.103. The summed E-state index contributed by atoms with van der Waals surface area (Å²) in [4.78, 5) is 12.4. The molecule has 2 rings (SSSR count). The first-order valence-electron chi connectivity index (χ1n) is 6.20. The van der Waals surface area contributed by atoms with Crippen molar-refractivity contribution in [1.29, 1.82) is 0 Å². The number of hydrogen-bond donors (Lipinski definition) is 0. The number of carbonyl (C=O) groups excluding carboxylic acids is 1. The van der Waals surface area contributed by atoms with Gasteiger partial charge in [-0.15, -0.1) is 0 Å². The average Bonchev–Trinajstić information content (AvgIpc) is 2.42. The molecule has 0 amide bonds. The first-order chi connectivity index (χ1) is 9.11.